The van der Waals surface area contributed by atoms with Crippen LogP contribution in [0.3, 0.4) is 0 Å². The fourth-order valence-corrected chi connectivity index (χ4v) is 20.2. The molecule has 17 rings (SSSR count). The Balaban J connectivity index is 1.07. The van der Waals surface area contributed by atoms with Crippen LogP contribution >= 0.6 is 11.3 Å². The molecule has 0 spiro atoms. The van der Waals surface area contributed by atoms with Crippen molar-refractivity contribution in [3.63, 3.8) is 0 Å². The van der Waals surface area contributed by atoms with Crippen LogP contribution in [0, 0.1) is 41.4 Å². The van der Waals surface area contributed by atoms with Crippen molar-refractivity contribution in [3.05, 3.63) is 124 Å². The quantitative estimate of drug-likeness (QED) is 0.163. The largest absolute Gasteiger partial charge is 0.311 e. The molecule has 0 saturated heterocycles. The van der Waals surface area contributed by atoms with Gasteiger partial charge in [-0.05, 0) is 248 Å². The topological polar surface area (TPSA) is 6.48 Å². The molecule has 8 bridgehead atoms. The zero-order chi connectivity index (χ0) is 51.3. The summed E-state index contributed by atoms with van der Waals surface area (Å²) in [4.78, 5) is 5.69. The summed E-state index contributed by atoms with van der Waals surface area (Å²) in [6.07, 6.45) is 13.6. The molecule has 0 atom stereocenters. The molecule has 7 saturated carbocycles. The molecule has 6 aromatic rings. The van der Waals surface area contributed by atoms with Crippen molar-refractivity contribution in [1.82, 2.24) is 0 Å². The van der Waals surface area contributed by atoms with Gasteiger partial charge in [0.05, 0.1) is 5.69 Å². The van der Waals surface area contributed by atoms with E-state index in [-0.39, 0.29) is 44.6 Å². The first-order valence-electron chi connectivity index (χ1n) is 29.6. The maximum Gasteiger partial charge on any atom is 0.264 e. The molecule has 0 radical (unpaired) electrons. The van der Waals surface area contributed by atoms with E-state index in [9.17, 15) is 0 Å². The van der Waals surface area contributed by atoms with Crippen molar-refractivity contribution in [3.8, 4) is 0 Å². The standard InChI is InChI=1S/C70H83BN2S/c1-64(2,3)40-15-18-43(19-16-40)73-59-32-42(70-36-49-45-27-39-28-46(49)51(38-70)47(29-39)50(45)37-70)31-58-61(59)71(63-62(73)48-30-41(65(4,5)6)17-22-60(48)74-63)56-34-54-55(69(13,14)26-25-68(54,11)12)35-57(56)72(58)44-20-21-52-53(33-44)67(9,10)24-23-66(52,7)8/h15-22,30-35,39,45-47,49-51H,23-29,36-38H2,1-14H3. The molecular weight excluding hydrogens is 912 g/mol. The number of anilines is 6. The Labute approximate surface area is 449 Å². The van der Waals surface area contributed by atoms with Crippen molar-refractivity contribution >= 4 is 78.0 Å². The van der Waals surface area contributed by atoms with Gasteiger partial charge in [0.15, 0.2) is 0 Å². The van der Waals surface area contributed by atoms with Crippen molar-refractivity contribution in [2.75, 3.05) is 9.80 Å². The number of benzene rings is 5. The van der Waals surface area contributed by atoms with Crippen LogP contribution in [0.4, 0.5) is 34.1 Å². The second kappa shape index (κ2) is 14.6. The second-order valence-electron chi connectivity index (χ2n) is 31.3. The first kappa shape index (κ1) is 47.0. The Morgan fingerprint density at radius 1 is 0.486 bits per heavy atom. The van der Waals surface area contributed by atoms with Crippen LogP contribution < -0.4 is 25.5 Å². The average molecular weight is 995 g/mol. The van der Waals surface area contributed by atoms with Crippen LogP contribution in [0.25, 0.3) is 10.1 Å². The van der Waals surface area contributed by atoms with Crippen LogP contribution in [0.2, 0.25) is 0 Å². The van der Waals surface area contributed by atoms with E-state index in [1.165, 1.54) is 135 Å². The molecule has 0 N–H and O–H groups in total. The highest BCUT2D eigenvalue weighted by Crippen LogP contribution is 2.75. The molecule has 9 aliphatic carbocycles. The highest BCUT2D eigenvalue weighted by atomic mass is 32.1. The van der Waals surface area contributed by atoms with Gasteiger partial charge in [0, 0.05) is 43.3 Å². The van der Waals surface area contributed by atoms with Gasteiger partial charge in [-0.25, -0.2) is 0 Å². The number of fused-ring (bicyclic) bond motifs is 8. The molecular formula is C70H83BN2S. The predicted molar refractivity (Wildman–Crippen MR) is 318 cm³/mol. The van der Waals surface area contributed by atoms with E-state index < -0.39 is 0 Å². The summed E-state index contributed by atoms with van der Waals surface area (Å²) in [6.45, 7) is 34.6. The second-order valence-corrected chi connectivity index (χ2v) is 32.4. The Morgan fingerprint density at radius 3 is 1.55 bits per heavy atom. The van der Waals surface area contributed by atoms with Gasteiger partial charge >= 0.3 is 0 Å². The van der Waals surface area contributed by atoms with E-state index in [1.807, 2.05) is 0 Å². The molecule has 3 heterocycles. The normalized spacial score (nSPS) is 30.6. The van der Waals surface area contributed by atoms with Crippen molar-refractivity contribution in [1.29, 1.82) is 0 Å². The molecule has 0 unspecified atom stereocenters. The van der Waals surface area contributed by atoms with Gasteiger partial charge in [0.1, 0.15) is 0 Å². The van der Waals surface area contributed by atoms with E-state index in [4.69, 9.17) is 0 Å². The van der Waals surface area contributed by atoms with Gasteiger partial charge in [-0.2, -0.15) is 0 Å². The maximum atomic E-state index is 2.87. The predicted octanol–water partition coefficient (Wildman–Crippen LogP) is 17.2. The number of thiophene rings is 1. The number of nitrogens with zero attached hydrogens (tertiary/aromatic N) is 2. The molecule has 0 amide bonds. The molecule has 2 nitrogen and oxygen atoms in total. The molecule has 382 valence electrons. The van der Waals surface area contributed by atoms with Gasteiger partial charge in [-0.1, -0.05) is 127 Å². The lowest BCUT2D eigenvalue weighted by atomic mass is 9.32. The van der Waals surface area contributed by atoms with Gasteiger partial charge in [-0.3, -0.25) is 0 Å². The molecule has 5 aromatic carbocycles. The number of hydrogen-bond donors (Lipinski definition) is 0. The van der Waals surface area contributed by atoms with E-state index in [1.54, 1.807) is 27.8 Å². The molecule has 2 aliphatic heterocycles. The van der Waals surface area contributed by atoms with Gasteiger partial charge in [0.2, 0.25) is 0 Å². The summed E-state index contributed by atoms with van der Waals surface area (Å²) in [5, 5.41) is 1.42. The third-order valence-electron chi connectivity index (χ3n) is 23.2. The molecule has 7 fully saturated rings. The lowest BCUT2D eigenvalue weighted by Gasteiger charge is -2.72. The Kier molecular flexibility index (Phi) is 9.30. The van der Waals surface area contributed by atoms with Crippen LogP contribution in [-0.4, -0.2) is 6.71 Å². The van der Waals surface area contributed by atoms with Crippen LogP contribution in [0.1, 0.15) is 200 Å². The highest BCUT2D eigenvalue weighted by Gasteiger charge is 2.68. The minimum absolute atomic E-state index is 0.0282. The van der Waals surface area contributed by atoms with Crippen molar-refractivity contribution < 1.29 is 0 Å². The Bertz CT molecular complexity index is 3340. The molecule has 74 heavy (non-hydrogen) atoms. The third-order valence-corrected chi connectivity index (χ3v) is 24.4. The maximum absolute atomic E-state index is 2.87. The molecule has 11 aliphatic rings. The summed E-state index contributed by atoms with van der Waals surface area (Å²) >= 11 is 2.08. The van der Waals surface area contributed by atoms with Gasteiger partial charge < -0.3 is 9.80 Å². The minimum atomic E-state index is 0.0282. The van der Waals surface area contributed by atoms with E-state index in [0.29, 0.717) is 0 Å². The van der Waals surface area contributed by atoms with Gasteiger partial charge in [-0.15, -0.1) is 11.3 Å². The SMILES string of the molecule is CC(C)(C)c1ccc(N2c3cc(C45CC6C7CC8CC6C(C4)C(C8)C7C5)cc4c3B(c3cc5c(cc3N4c3ccc4c(c3)C(C)(C)CCC4(C)C)C(C)(C)CCC5(C)C)c3sc4ccc(C(C)(C)C)cc4c32)cc1. The monoisotopic (exact) mass is 995 g/mol. The zero-order valence-electron chi connectivity index (χ0n) is 47.6. The van der Waals surface area contributed by atoms with Crippen molar-refractivity contribution in [2.45, 2.75) is 199 Å². The fourth-order valence-electron chi connectivity index (χ4n) is 18.9. The molecule has 1 aromatic heterocycles. The summed E-state index contributed by atoms with van der Waals surface area (Å²) in [7, 11) is 0. The minimum Gasteiger partial charge on any atom is -0.311 e. The van der Waals surface area contributed by atoms with Crippen LogP contribution in [0.15, 0.2) is 84.9 Å². The highest BCUT2D eigenvalue weighted by molar-refractivity contribution is 7.33. The van der Waals surface area contributed by atoms with Gasteiger partial charge in [0.25, 0.3) is 6.71 Å². The van der Waals surface area contributed by atoms with Crippen LogP contribution in [-0.2, 0) is 37.9 Å². The lowest BCUT2D eigenvalue weighted by molar-refractivity contribution is -0.212. The number of rotatable bonds is 3. The van der Waals surface area contributed by atoms with Crippen LogP contribution in [0.5, 0.6) is 0 Å². The average Bonchev–Trinajstić information content (AvgIpc) is 3.79. The smallest absolute Gasteiger partial charge is 0.264 e. The third kappa shape index (κ3) is 6.30. The van der Waals surface area contributed by atoms with E-state index in [2.05, 4.69) is 203 Å². The summed E-state index contributed by atoms with van der Waals surface area (Å²) in [6, 6.07) is 36.5. The fraction of sp³-hybridized carbons (Fsp3) is 0.543. The first-order chi connectivity index (χ1) is 34.8. The Hall–Kier alpha value is -4.28. The number of hydrogen-bond acceptors (Lipinski definition) is 3. The van der Waals surface area contributed by atoms with E-state index >= 15 is 0 Å². The summed E-state index contributed by atoms with van der Waals surface area (Å²) in [5.74, 6) is 6.66. The van der Waals surface area contributed by atoms with Crippen molar-refractivity contribution in [2.24, 2.45) is 41.4 Å². The summed E-state index contributed by atoms with van der Waals surface area (Å²) in [5.41, 5.74) is 22.8. The first-order valence-corrected chi connectivity index (χ1v) is 30.4. The summed E-state index contributed by atoms with van der Waals surface area (Å²) < 4.78 is 2.92. The zero-order valence-corrected chi connectivity index (χ0v) is 48.4. The van der Waals surface area contributed by atoms with E-state index in [0.717, 1.165) is 41.4 Å². The lowest BCUT2D eigenvalue weighted by Crippen LogP contribution is -2.66. The Morgan fingerprint density at radius 2 is 0.986 bits per heavy atom. The molecule has 4 heteroatoms.